The summed E-state index contributed by atoms with van der Waals surface area (Å²) >= 11 is 5.87. The molecule has 86 valence electrons. The molecule has 1 heterocycles. The Morgan fingerprint density at radius 3 is 2.38 bits per heavy atom. The van der Waals surface area contributed by atoms with E-state index in [0.29, 0.717) is 0 Å². The van der Waals surface area contributed by atoms with Crippen molar-refractivity contribution in [2.45, 2.75) is 26.2 Å². The highest BCUT2D eigenvalue weighted by Crippen LogP contribution is 2.18. The number of allylic oxidation sites excluding steroid dienone is 1. The van der Waals surface area contributed by atoms with Crippen LogP contribution in [0, 0.1) is 0 Å². The van der Waals surface area contributed by atoms with Crippen LogP contribution in [-0.4, -0.2) is 18.0 Å². The van der Waals surface area contributed by atoms with E-state index >= 15 is 0 Å². The van der Waals surface area contributed by atoms with Crippen LogP contribution in [0.4, 0.5) is 0 Å². The first-order chi connectivity index (χ1) is 7.75. The van der Waals surface area contributed by atoms with Crippen LogP contribution in [0.25, 0.3) is 6.08 Å². The summed E-state index contributed by atoms with van der Waals surface area (Å²) in [5.41, 5.74) is 2.59. The van der Waals surface area contributed by atoms with Crippen LogP contribution in [0.3, 0.4) is 0 Å². The van der Waals surface area contributed by atoms with Crippen LogP contribution < -0.4 is 0 Å². The highest BCUT2D eigenvalue weighted by Gasteiger charge is 2.09. The predicted molar refractivity (Wildman–Crippen MR) is 70.5 cm³/mol. The van der Waals surface area contributed by atoms with Gasteiger partial charge in [0.2, 0.25) is 0 Å². The standard InChI is InChI=1S/C14H18ClN/c1-12(16-9-3-2-4-10-16)11-13-5-7-14(15)8-6-13/h5-8,11H,2-4,9-10H2,1H3. The van der Waals surface area contributed by atoms with E-state index in [1.807, 2.05) is 12.1 Å². The Labute approximate surface area is 103 Å². The molecular weight excluding hydrogens is 218 g/mol. The molecule has 2 rings (SSSR count). The molecule has 0 aromatic heterocycles. The average Bonchev–Trinajstić information content (AvgIpc) is 2.33. The number of hydrogen-bond acceptors (Lipinski definition) is 1. The molecule has 0 saturated carbocycles. The summed E-state index contributed by atoms with van der Waals surface area (Å²) in [5, 5.41) is 0.799. The molecule has 1 aliphatic rings. The number of likely N-dealkylation sites (tertiary alicyclic amines) is 1. The Balaban J connectivity index is 2.07. The van der Waals surface area contributed by atoms with E-state index in [4.69, 9.17) is 11.6 Å². The SMILES string of the molecule is CC(=Cc1ccc(Cl)cc1)N1CCCCC1. The van der Waals surface area contributed by atoms with E-state index in [-0.39, 0.29) is 0 Å². The topological polar surface area (TPSA) is 3.24 Å². The summed E-state index contributed by atoms with van der Waals surface area (Å²) in [6, 6.07) is 8.01. The number of nitrogens with zero attached hydrogens (tertiary/aromatic N) is 1. The van der Waals surface area contributed by atoms with Gasteiger partial charge >= 0.3 is 0 Å². The zero-order valence-electron chi connectivity index (χ0n) is 9.75. The lowest BCUT2D eigenvalue weighted by atomic mass is 10.1. The minimum absolute atomic E-state index is 0.799. The van der Waals surface area contributed by atoms with Crippen molar-refractivity contribution in [3.8, 4) is 0 Å². The van der Waals surface area contributed by atoms with Crippen molar-refractivity contribution < 1.29 is 0 Å². The number of piperidine rings is 1. The van der Waals surface area contributed by atoms with Gasteiger partial charge in [-0.1, -0.05) is 23.7 Å². The molecule has 16 heavy (non-hydrogen) atoms. The van der Waals surface area contributed by atoms with Gasteiger partial charge in [-0.3, -0.25) is 0 Å². The van der Waals surface area contributed by atoms with E-state index < -0.39 is 0 Å². The van der Waals surface area contributed by atoms with Crippen LogP contribution >= 0.6 is 11.6 Å². The molecule has 1 nitrogen and oxygen atoms in total. The second-order valence-corrected chi connectivity index (χ2v) is 4.82. The maximum absolute atomic E-state index is 5.87. The second-order valence-electron chi connectivity index (χ2n) is 4.38. The molecule has 0 radical (unpaired) electrons. The van der Waals surface area contributed by atoms with E-state index in [2.05, 4.69) is 30.0 Å². The lowest BCUT2D eigenvalue weighted by molar-refractivity contribution is 0.288. The molecule has 0 atom stereocenters. The first-order valence-electron chi connectivity index (χ1n) is 5.94. The Kier molecular flexibility index (Phi) is 3.89. The van der Waals surface area contributed by atoms with Crippen LogP contribution in [0.1, 0.15) is 31.7 Å². The second kappa shape index (κ2) is 5.40. The van der Waals surface area contributed by atoms with Crippen molar-refractivity contribution in [1.82, 2.24) is 4.90 Å². The minimum atomic E-state index is 0.799. The van der Waals surface area contributed by atoms with Gasteiger partial charge < -0.3 is 4.90 Å². The van der Waals surface area contributed by atoms with Crippen molar-refractivity contribution in [3.63, 3.8) is 0 Å². The highest BCUT2D eigenvalue weighted by atomic mass is 35.5. The number of hydrogen-bond donors (Lipinski definition) is 0. The Hall–Kier alpha value is -0.950. The lowest BCUT2D eigenvalue weighted by Gasteiger charge is -2.29. The van der Waals surface area contributed by atoms with Crippen molar-refractivity contribution in [2.75, 3.05) is 13.1 Å². The fraction of sp³-hybridized carbons (Fsp3) is 0.429. The normalized spacial score (nSPS) is 17.6. The molecular formula is C14H18ClN. The molecule has 1 aromatic carbocycles. The molecule has 0 N–H and O–H groups in total. The number of benzene rings is 1. The van der Waals surface area contributed by atoms with Gasteiger partial charge in [-0.25, -0.2) is 0 Å². The third-order valence-corrected chi connectivity index (χ3v) is 3.35. The van der Waals surface area contributed by atoms with Gasteiger partial charge in [0.05, 0.1) is 0 Å². The first-order valence-corrected chi connectivity index (χ1v) is 6.32. The molecule has 0 spiro atoms. The molecule has 0 amide bonds. The van der Waals surface area contributed by atoms with E-state index in [9.17, 15) is 0 Å². The van der Waals surface area contributed by atoms with Crippen molar-refractivity contribution in [2.24, 2.45) is 0 Å². The average molecular weight is 236 g/mol. The van der Waals surface area contributed by atoms with Crippen molar-refractivity contribution in [1.29, 1.82) is 0 Å². The lowest BCUT2D eigenvalue weighted by Crippen LogP contribution is -2.27. The quantitative estimate of drug-likeness (QED) is 0.743. The summed E-state index contributed by atoms with van der Waals surface area (Å²) in [5.74, 6) is 0. The van der Waals surface area contributed by atoms with E-state index in [1.165, 1.54) is 43.6 Å². The largest absolute Gasteiger partial charge is 0.375 e. The molecule has 1 aromatic rings. The molecule has 1 aliphatic heterocycles. The third-order valence-electron chi connectivity index (χ3n) is 3.10. The molecule has 2 heteroatoms. The molecule has 1 saturated heterocycles. The van der Waals surface area contributed by atoms with Gasteiger partial charge in [0.15, 0.2) is 0 Å². The number of halogens is 1. The first kappa shape index (κ1) is 11.5. The summed E-state index contributed by atoms with van der Waals surface area (Å²) in [6.45, 7) is 4.60. The van der Waals surface area contributed by atoms with Gasteiger partial charge in [0, 0.05) is 23.8 Å². The Morgan fingerprint density at radius 2 is 1.75 bits per heavy atom. The van der Waals surface area contributed by atoms with Crippen LogP contribution in [0.2, 0.25) is 5.02 Å². The fourth-order valence-electron chi connectivity index (χ4n) is 2.14. The zero-order chi connectivity index (χ0) is 11.4. The summed E-state index contributed by atoms with van der Waals surface area (Å²) in [6.07, 6.45) is 6.27. The predicted octanol–water partition coefficient (Wildman–Crippen LogP) is 4.19. The zero-order valence-corrected chi connectivity index (χ0v) is 10.5. The molecule has 1 fully saturated rings. The summed E-state index contributed by atoms with van der Waals surface area (Å²) in [4.78, 5) is 2.47. The van der Waals surface area contributed by atoms with Gasteiger partial charge in [-0.2, -0.15) is 0 Å². The highest BCUT2D eigenvalue weighted by molar-refractivity contribution is 6.30. The van der Waals surface area contributed by atoms with E-state index in [1.54, 1.807) is 0 Å². The van der Waals surface area contributed by atoms with Crippen LogP contribution in [-0.2, 0) is 0 Å². The van der Waals surface area contributed by atoms with Crippen LogP contribution in [0.5, 0.6) is 0 Å². The summed E-state index contributed by atoms with van der Waals surface area (Å²) in [7, 11) is 0. The monoisotopic (exact) mass is 235 g/mol. The van der Waals surface area contributed by atoms with Gasteiger partial charge in [0.1, 0.15) is 0 Å². The van der Waals surface area contributed by atoms with Gasteiger partial charge in [-0.15, -0.1) is 0 Å². The minimum Gasteiger partial charge on any atom is -0.375 e. The summed E-state index contributed by atoms with van der Waals surface area (Å²) < 4.78 is 0. The third kappa shape index (κ3) is 3.02. The van der Waals surface area contributed by atoms with Gasteiger partial charge in [-0.05, 0) is 50.0 Å². The number of rotatable bonds is 2. The van der Waals surface area contributed by atoms with Crippen molar-refractivity contribution in [3.05, 3.63) is 40.5 Å². The maximum Gasteiger partial charge on any atom is 0.0406 e. The van der Waals surface area contributed by atoms with E-state index in [0.717, 1.165) is 5.02 Å². The molecule has 0 aliphatic carbocycles. The smallest absolute Gasteiger partial charge is 0.0406 e. The maximum atomic E-state index is 5.87. The Morgan fingerprint density at radius 1 is 1.12 bits per heavy atom. The van der Waals surface area contributed by atoms with Gasteiger partial charge in [0.25, 0.3) is 0 Å². The van der Waals surface area contributed by atoms with Crippen molar-refractivity contribution >= 4 is 17.7 Å². The fourth-order valence-corrected chi connectivity index (χ4v) is 2.26. The van der Waals surface area contributed by atoms with Crippen LogP contribution in [0.15, 0.2) is 30.0 Å². The molecule has 0 unspecified atom stereocenters. The molecule has 0 bridgehead atoms. The Bertz CT molecular complexity index is 361.